The number of amides is 5. The number of esters is 1. The maximum atomic E-state index is 14.2. The minimum absolute atomic E-state index is 0.0539. The van der Waals surface area contributed by atoms with Gasteiger partial charge in [0, 0.05) is 18.3 Å². The molecule has 0 bridgehead atoms. The molecule has 0 unspecified atom stereocenters. The molecule has 0 saturated carbocycles. The van der Waals surface area contributed by atoms with E-state index in [2.05, 4.69) is 31.6 Å². The Labute approximate surface area is 354 Å². The highest BCUT2D eigenvalue weighted by Gasteiger charge is 2.40. The maximum Gasteiger partial charge on any atom is 0.408 e. The first-order valence-corrected chi connectivity index (χ1v) is 20.8. The average molecular weight is 862 g/mol. The molecule has 1 saturated heterocycles. The molecule has 326 valence electrons. The molecule has 59 heavy (non-hydrogen) atoms. The van der Waals surface area contributed by atoms with Gasteiger partial charge in [0.2, 0.25) is 23.6 Å². The van der Waals surface area contributed by atoms with Gasteiger partial charge in [-0.1, -0.05) is 70.2 Å². The van der Waals surface area contributed by atoms with Gasteiger partial charge in [-0.05, 0) is 57.9 Å². The van der Waals surface area contributed by atoms with E-state index in [1.165, 1.54) is 35.7 Å². The van der Waals surface area contributed by atoms with Crippen molar-refractivity contribution in [3.63, 3.8) is 0 Å². The van der Waals surface area contributed by atoms with Crippen LogP contribution >= 0.6 is 23.6 Å². The zero-order chi connectivity index (χ0) is 44.2. The van der Waals surface area contributed by atoms with Gasteiger partial charge in [-0.3, -0.25) is 19.2 Å². The minimum Gasteiger partial charge on any atom is -0.464 e. The van der Waals surface area contributed by atoms with Crippen LogP contribution in [0.5, 0.6) is 0 Å². The first-order valence-electron chi connectivity index (χ1n) is 19.5. The first-order chi connectivity index (χ1) is 27.7. The lowest BCUT2D eigenvalue weighted by Crippen LogP contribution is -2.62. The van der Waals surface area contributed by atoms with Crippen molar-refractivity contribution in [3.8, 4) is 0 Å². The molecular formula is C40H59N7O10S2. The summed E-state index contributed by atoms with van der Waals surface area (Å²) in [6, 6.07) is 2.64. The zero-order valence-electron chi connectivity index (χ0n) is 35.1. The number of carbonyl (C=O) groups is 6. The topological polar surface area (TPSA) is 238 Å². The number of aromatic nitrogens is 1. The lowest BCUT2D eigenvalue weighted by atomic mass is 10.0. The van der Waals surface area contributed by atoms with E-state index in [-0.39, 0.29) is 29.6 Å². The molecule has 0 spiro atoms. The third-order valence-electron chi connectivity index (χ3n) is 9.38. The number of nitrogens with one attached hydrogen (secondary N) is 5. The van der Waals surface area contributed by atoms with Gasteiger partial charge in [-0.25, -0.2) is 14.6 Å². The number of thiocarbonyl (C=S) groups is 1. The molecule has 0 radical (unpaired) electrons. The standard InChI is InChI=1S/C40H59N7O10S2/c1-21(2)29(36-42-27(20-59-36)38(54)56-9)44-33(51)26(19-48)41-35(58)28-16-13-17-47(28)37(53)30(22(3)4)45-34(52)31(23(5)49)46-32(50)25(18-24-14-11-10-12-15-24)43-39(55)57-40(6,7)8/h10-12,14-15,20-23,25-26,28-31,48-49H,13,16-19H2,1-9H3,(H,41,58)(H,43,55)(H,44,51)(H,45,52)(H,46,50)/t23-,25+,26-,28-,29-,30-,31-/m0/s1. The molecule has 5 amide bonds. The highest BCUT2D eigenvalue weighted by atomic mass is 32.1. The molecular weight excluding hydrogens is 803 g/mol. The quantitative estimate of drug-likeness (QED) is 0.0842. The van der Waals surface area contributed by atoms with Crippen LogP contribution in [0, 0.1) is 11.8 Å². The number of methoxy groups -OCH3 is 1. The van der Waals surface area contributed by atoms with Crippen LogP contribution in [0.1, 0.15) is 95.3 Å². The molecule has 1 aliphatic heterocycles. The van der Waals surface area contributed by atoms with Crippen LogP contribution in [-0.4, -0.2) is 123 Å². The van der Waals surface area contributed by atoms with Gasteiger partial charge in [0.1, 0.15) is 34.8 Å². The Morgan fingerprint density at radius 1 is 0.898 bits per heavy atom. The van der Waals surface area contributed by atoms with Crippen molar-refractivity contribution in [1.29, 1.82) is 0 Å². The number of nitrogens with zero attached hydrogens (tertiary/aromatic N) is 2. The van der Waals surface area contributed by atoms with Gasteiger partial charge in [0.15, 0.2) is 5.69 Å². The number of carbonyl (C=O) groups excluding carboxylic acids is 6. The van der Waals surface area contributed by atoms with Crippen molar-refractivity contribution >= 4 is 64.2 Å². The molecule has 17 nitrogen and oxygen atoms in total. The molecule has 1 aromatic heterocycles. The summed E-state index contributed by atoms with van der Waals surface area (Å²) < 4.78 is 10.1. The third kappa shape index (κ3) is 14.2. The van der Waals surface area contributed by atoms with E-state index >= 15 is 0 Å². The van der Waals surface area contributed by atoms with Crippen LogP contribution in [0.3, 0.4) is 0 Å². The second kappa shape index (κ2) is 22.0. The summed E-state index contributed by atoms with van der Waals surface area (Å²) in [5, 5.41) is 36.6. The second-order valence-corrected chi connectivity index (χ2v) is 17.4. The lowest BCUT2D eigenvalue weighted by molar-refractivity contribution is -0.139. The van der Waals surface area contributed by atoms with Crippen LogP contribution < -0.4 is 26.6 Å². The molecule has 2 aromatic rings. The molecule has 7 atom stereocenters. The molecule has 7 N–H and O–H groups in total. The van der Waals surface area contributed by atoms with Crippen LogP contribution in [0.15, 0.2) is 35.7 Å². The van der Waals surface area contributed by atoms with Gasteiger partial charge in [0.25, 0.3) is 0 Å². The van der Waals surface area contributed by atoms with E-state index in [4.69, 9.17) is 21.7 Å². The summed E-state index contributed by atoms with van der Waals surface area (Å²) in [5.74, 6) is -3.84. The van der Waals surface area contributed by atoms with Crippen molar-refractivity contribution < 1.29 is 48.5 Å². The Balaban J connectivity index is 1.73. The number of hydrogen-bond donors (Lipinski definition) is 7. The number of aliphatic hydroxyl groups excluding tert-OH is 2. The fourth-order valence-corrected chi connectivity index (χ4v) is 7.66. The predicted molar refractivity (Wildman–Crippen MR) is 224 cm³/mol. The highest BCUT2D eigenvalue weighted by molar-refractivity contribution is 7.80. The minimum atomic E-state index is -1.51. The number of alkyl carbamates (subject to hydrolysis) is 1. The fourth-order valence-electron chi connectivity index (χ4n) is 6.26. The number of hydrogen-bond acceptors (Lipinski definition) is 13. The van der Waals surface area contributed by atoms with E-state index in [0.717, 1.165) is 5.56 Å². The molecule has 1 aromatic carbocycles. The molecule has 3 rings (SSSR count). The van der Waals surface area contributed by atoms with Crippen molar-refractivity contribution in [2.75, 3.05) is 20.3 Å². The fraction of sp³-hybridized carbons (Fsp3) is 0.600. The van der Waals surface area contributed by atoms with Gasteiger partial charge in [-0.2, -0.15) is 0 Å². The summed E-state index contributed by atoms with van der Waals surface area (Å²) >= 11 is 6.89. The number of rotatable bonds is 18. The van der Waals surface area contributed by atoms with E-state index in [9.17, 15) is 39.0 Å². The maximum absolute atomic E-state index is 14.2. The van der Waals surface area contributed by atoms with Crippen molar-refractivity contribution in [2.24, 2.45) is 11.8 Å². The van der Waals surface area contributed by atoms with Gasteiger partial charge >= 0.3 is 12.1 Å². The Bertz CT molecular complexity index is 1780. The van der Waals surface area contributed by atoms with Crippen LogP contribution in [0.2, 0.25) is 0 Å². The van der Waals surface area contributed by atoms with Crippen molar-refractivity contribution in [3.05, 3.63) is 52.0 Å². The number of thiazole rings is 1. The summed E-state index contributed by atoms with van der Waals surface area (Å²) in [5.41, 5.74) is -0.0176. The average Bonchev–Trinajstić information content (AvgIpc) is 3.86. The zero-order valence-corrected chi connectivity index (χ0v) is 36.7. The van der Waals surface area contributed by atoms with Crippen LogP contribution in [-0.2, 0) is 35.1 Å². The Kier molecular flexibility index (Phi) is 18.2. The smallest absolute Gasteiger partial charge is 0.408 e. The molecule has 0 aliphatic carbocycles. The highest BCUT2D eigenvalue weighted by Crippen LogP contribution is 2.26. The molecule has 2 heterocycles. The van der Waals surface area contributed by atoms with Crippen LogP contribution in [0.25, 0.3) is 0 Å². The normalized spacial score (nSPS) is 17.2. The Hall–Kier alpha value is -4.72. The van der Waals surface area contributed by atoms with Crippen molar-refractivity contribution in [2.45, 2.75) is 123 Å². The summed E-state index contributed by atoms with van der Waals surface area (Å²) in [6.07, 6.45) is -1.19. The number of benzene rings is 1. The Morgan fingerprint density at radius 2 is 1.53 bits per heavy atom. The summed E-state index contributed by atoms with van der Waals surface area (Å²) in [4.78, 5) is 85.8. The molecule has 19 heteroatoms. The second-order valence-electron chi connectivity index (χ2n) is 16.1. The van der Waals surface area contributed by atoms with E-state index in [1.54, 1.807) is 65.0 Å². The third-order valence-corrected chi connectivity index (χ3v) is 10.7. The van der Waals surface area contributed by atoms with E-state index in [0.29, 0.717) is 17.8 Å². The first kappa shape index (κ1) is 48.6. The Morgan fingerprint density at radius 3 is 2.08 bits per heavy atom. The summed E-state index contributed by atoms with van der Waals surface area (Å²) in [6.45, 7) is 13.2. The number of ether oxygens (including phenoxy) is 2. The van der Waals surface area contributed by atoms with Crippen LogP contribution in [0.4, 0.5) is 4.79 Å². The largest absolute Gasteiger partial charge is 0.464 e. The summed E-state index contributed by atoms with van der Waals surface area (Å²) in [7, 11) is 1.25. The van der Waals surface area contributed by atoms with E-state index < -0.39 is 96.2 Å². The molecule has 1 aliphatic rings. The number of likely N-dealkylation sites (tertiary alicyclic amines) is 1. The monoisotopic (exact) mass is 861 g/mol. The predicted octanol–water partition coefficient (Wildman–Crippen LogP) is 2.15. The lowest BCUT2D eigenvalue weighted by Gasteiger charge is -2.33. The van der Waals surface area contributed by atoms with Gasteiger partial charge in [-0.15, -0.1) is 11.3 Å². The van der Waals surface area contributed by atoms with E-state index in [1.807, 2.05) is 13.8 Å². The SMILES string of the molecule is COC(=O)c1csc([C@@H](NC(=O)[C@H](CO)NC(=S)[C@@H]2CCCN2C(=O)[C@@H](NC(=O)[C@@H](NC(=O)[C@@H](Cc2ccccc2)NC(=O)OC(C)(C)C)[C@H](C)O)C(C)C)C(C)C)n1. The van der Waals surface area contributed by atoms with Crippen molar-refractivity contribution in [1.82, 2.24) is 36.5 Å². The van der Waals surface area contributed by atoms with Gasteiger partial charge < -0.3 is 51.2 Å². The number of aliphatic hydroxyl groups is 2. The molecule has 1 fully saturated rings. The van der Waals surface area contributed by atoms with Gasteiger partial charge in [0.05, 0.1) is 36.9 Å².